The largest absolute Gasteiger partial charge is 0.493 e. The van der Waals surface area contributed by atoms with Crippen LogP contribution in [0.25, 0.3) is 0 Å². The van der Waals surface area contributed by atoms with E-state index >= 15 is 0 Å². The number of carbonyl (C=O) groups excluding carboxylic acids is 1. The van der Waals surface area contributed by atoms with Gasteiger partial charge in [-0.1, -0.05) is 15.9 Å². The van der Waals surface area contributed by atoms with E-state index < -0.39 is 10.3 Å². The zero-order valence-corrected chi connectivity index (χ0v) is 12.7. The van der Waals surface area contributed by atoms with E-state index in [0.717, 1.165) is 0 Å². The topological polar surface area (TPSA) is 26.3 Å². The summed E-state index contributed by atoms with van der Waals surface area (Å²) in [7, 11) is 0. The van der Waals surface area contributed by atoms with Crippen LogP contribution in [0.5, 0.6) is 5.75 Å². The molecule has 0 heterocycles. The van der Waals surface area contributed by atoms with Crippen LogP contribution in [-0.2, 0) is 0 Å². The molecule has 0 saturated heterocycles. The maximum atomic E-state index is 12.3. The first-order valence-electron chi connectivity index (χ1n) is 5.45. The Morgan fingerprint density at radius 3 is 2.58 bits per heavy atom. The first-order valence-corrected chi connectivity index (χ1v) is 7.18. The van der Waals surface area contributed by atoms with Gasteiger partial charge in [-0.05, 0) is 43.8 Å². The van der Waals surface area contributed by atoms with Crippen molar-refractivity contribution >= 4 is 33.5 Å². The average molecular weight is 357 g/mol. The molecule has 0 fully saturated rings. The normalized spacial score (nSPS) is 13.2. The number of halogens is 4. The van der Waals surface area contributed by atoms with Crippen molar-refractivity contribution < 1.29 is 22.7 Å². The van der Waals surface area contributed by atoms with Crippen molar-refractivity contribution in [2.75, 3.05) is 6.61 Å². The SMILES string of the molecule is CCOc1ccc(SC(F)(F)F)cc1C(=O)C(C)Br. The molecular weight excluding hydrogens is 345 g/mol. The van der Waals surface area contributed by atoms with Crippen molar-refractivity contribution in [1.82, 2.24) is 0 Å². The maximum Gasteiger partial charge on any atom is 0.446 e. The quantitative estimate of drug-likeness (QED) is 0.436. The summed E-state index contributed by atoms with van der Waals surface area (Å²) in [6.45, 7) is 3.69. The number of hydrogen-bond donors (Lipinski definition) is 0. The molecule has 0 radical (unpaired) electrons. The summed E-state index contributed by atoms with van der Waals surface area (Å²) in [5, 5.41) is 0. The Hall–Kier alpha value is -0.690. The molecule has 1 atom stereocenters. The summed E-state index contributed by atoms with van der Waals surface area (Å²) in [5.41, 5.74) is -4.23. The van der Waals surface area contributed by atoms with Gasteiger partial charge in [-0.15, -0.1) is 0 Å². The first-order chi connectivity index (χ1) is 8.74. The van der Waals surface area contributed by atoms with Crippen LogP contribution in [0.3, 0.4) is 0 Å². The van der Waals surface area contributed by atoms with Crippen LogP contribution in [0, 0.1) is 0 Å². The highest BCUT2D eigenvalue weighted by atomic mass is 79.9. The fraction of sp³-hybridized carbons (Fsp3) is 0.417. The van der Waals surface area contributed by atoms with Crippen molar-refractivity contribution in [3.05, 3.63) is 23.8 Å². The lowest BCUT2D eigenvalue weighted by atomic mass is 10.1. The lowest BCUT2D eigenvalue weighted by molar-refractivity contribution is -0.0328. The minimum atomic E-state index is -4.38. The van der Waals surface area contributed by atoms with Gasteiger partial charge >= 0.3 is 5.51 Å². The van der Waals surface area contributed by atoms with Crippen LogP contribution >= 0.6 is 27.7 Å². The zero-order valence-electron chi connectivity index (χ0n) is 10.3. The Kier molecular flexibility index (Phi) is 5.73. The number of rotatable bonds is 5. The fourth-order valence-corrected chi connectivity index (χ4v) is 2.22. The van der Waals surface area contributed by atoms with E-state index in [1.165, 1.54) is 18.2 Å². The molecule has 0 aliphatic carbocycles. The van der Waals surface area contributed by atoms with Gasteiger partial charge < -0.3 is 4.74 Å². The Bertz CT molecular complexity index is 461. The smallest absolute Gasteiger partial charge is 0.446 e. The highest BCUT2D eigenvalue weighted by Gasteiger charge is 2.30. The van der Waals surface area contributed by atoms with E-state index in [1.807, 2.05) is 0 Å². The van der Waals surface area contributed by atoms with E-state index in [4.69, 9.17) is 4.74 Å². The molecule has 0 amide bonds. The van der Waals surface area contributed by atoms with E-state index in [9.17, 15) is 18.0 Å². The van der Waals surface area contributed by atoms with Crippen LogP contribution in [0.4, 0.5) is 13.2 Å². The van der Waals surface area contributed by atoms with Gasteiger partial charge in [-0.25, -0.2) is 0 Å². The number of ether oxygens (including phenoxy) is 1. The molecule has 106 valence electrons. The van der Waals surface area contributed by atoms with E-state index in [1.54, 1.807) is 13.8 Å². The minimum Gasteiger partial charge on any atom is -0.493 e. The van der Waals surface area contributed by atoms with E-state index in [-0.39, 0.29) is 28.0 Å². The Balaban J connectivity index is 3.14. The lowest BCUT2D eigenvalue weighted by Gasteiger charge is -2.13. The second kappa shape index (κ2) is 6.65. The summed E-state index contributed by atoms with van der Waals surface area (Å²) in [6.07, 6.45) is 0. The molecule has 1 aromatic carbocycles. The molecule has 0 spiro atoms. The second-order valence-electron chi connectivity index (χ2n) is 3.62. The Morgan fingerprint density at radius 1 is 1.47 bits per heavy atom. The van der Waals surface area contributed by atoms with Crippen molar-refractivity contribution in [1.29, 1.82) is 0 Å². The number of carbonyl (C=O) groups is 1. The van der Waals surface area contributed by atoms with Gasteiger partial charge in [0.2, 0.25) is 0 Å². The van der Waals surface area contributed by atoms with E-state index in [2.05, 4.69) is 15.9 Å². The van der Waals surface area contributed by atoms with Gasteiger partial charge in [-0.3, -0.25) is 4.79 Å². The van der Waals surface area contributed by atoms with Crippen molar-refractivity contribution in [3.63, 3.8) is 0 Å². The molecule has 0 aliphatic rings. The summed E-state index contributed by atoms with van der Waals surface area (Å²) in [4.78, 5) is 11.4. The van der Waals surface area contributed by atoms with Gasteiger partial charge in [0.15, 0.2) is 5.78 Å². The predicted molar refractivity (Wildman–Crippen MR) is 72.2 cm³/mol. The monoisotopic (exact) mass is 356 g/mol. The fourth-order valence-electron chi connectivity index (χ4n) is 1.39. The molecule has 1 aromatic rings. The number of Topliss-reactive ketones (excluding diaryl/α,β-unsaturated/α-hetero) is 1. The summed E-state index contributed by atoms with van der Waals surface area (Å²) >= 11 is 2.86. The highest BCUT2D eigenvalue weighted by Crippen LogP contribution is 2.38. The van der Waals surface area contributed by atoms with Crippen LogP contribution in [0.2, 0.25) is 0 Å². The minimum absolute atomic E-state index is 0.0348. The van der Waals surface area contributed by atoms with Crippen molar-refractivity contribution in [2.24, 2.45) is 0 Å². The molecule has 7 heteroatoms. The highest BCUT2D eigenvalue weighted by molar-refractivity contribution is 9.10. The Morgan fingerprint density at radius 2 is 2.11 bits per heavy atom. The van der Waals surface area contributed by atoms with Crippen molar-refractivity contribution in [2.45, 2.75) is 29.1 Å². The summed E-state index contributed by atoms with van der Waals surface area (Å²) < 4.78 is 42.2. The van der Waals surface area contributed by atoms with Crippen LogP contribution in [0.1, 0.15) is 24.2 Å². The standard InChI is InChI=1S/C12H12BrF3O2S/c1-3-18-10-5-4-8(19-12(14,15)16)6-9(10)11(17)7(2)13/h4-7H,3H2,1-2H3. The second-order valence-corrected chi connectivity index (χ2v) is 6.13. The summed E-state index contributed by atoms with van der Waals surface area (Å²) in [5.74, 6) is -0.0154. The van der Waals surface area contributed by atoms with Crippen LogP contribution in [-0.4, -0.2) is 22.7 Å². The number of hydrogen-bond acceptors (Lipinski definition) is 3. The molecule has 0 aliphatic heterocycles. The number of thioether (sulfide) groups is 1. The van der Waals surface area contributed by atoms with Gasteiger partial charge in [0.25, 0.3) is 0 Å². The molecule has 1 rings (SSSR count). The van der Waals surface area contributed by atoms with Gasteiger partial charge in [0.05, 0.1) is 17.0 Å². The molecule has 19 heavy (non-hydrogen) atoms. The maximum absolute atomic E-state index is 12.3. The molecule has 0 bridgehead atoms. The number of ketones is 1. The van der Waals surface area contributed by atoms with Gasteiger partial charge in [0.1, 0.15) is 5.75 Å². The molecule has 1 unspecified atom stereocenters. The van der Waals surface area contributed by atoms with Crippen LogP contribution in [0.15, 0.2) is 23.1 Å². The molecule has 0 N–H and O–H groups in total. The average Bonchev–Trinajstić information content (AvgIpc) is 2.28. The predicted octanol–water partition coefficient (Wildman–Crippen LogP) is 4.66. The molecule has 0 aromatic heterocycles. The molecule has 0 saturated carbocycles. The first kappa shape index (κ1) is 16.4. The number of alkyl halides is 4. The third-order valence-corrected chi connectivity index (χ3v) is 3.25. The number of benzene rings is 1. The zero-order chi connectivity index (χ0) is 14.6. The lowest BCUT2D eigenvalue weighted by Crippen LogP contribution is -2.12. The van der Waals surface area contributed by atoms with Gasteiger partial charge in [0, 0.05) is 4.90 Å². The van der Waals surface area contributed by atoms with E-state index in [0.29, 0.717) is 12.4 Å². The molecule has 2 nitrogen and oxygen atoms in total. The summed E-state index contributed by atoms with van der Waals surface area (Å²) in [6, 6.07) is 3.89. The van der Waals surface area contributed by atoms with Crippen LogP contribution < -0.4 is 4.74 Å². The third kappa shape index (κ3) is 5.06. The van der Waals surface area contributed by atoms with Crippen molar-refractivity contribution in [3.8, 4) is 5.75 Å². The third-order valence-electron chi connectivity index (χ3n) is 2.11. The Labute approximate surface area is 121 Å². The molecular formula is C12H12BrF3O2S. The van der Waals surface area contributed by atoms with Gasteiger partial charge in [-0.2, -0.15) is 13.2 Å².